The van der Waals surface area contributed by atoms with Crippen LogP contribution >= 0.6 is 7.37 Å². The molecule has 0 aromatic heterocycles. The minimum Gasteiger partial charge on any atom is -0.322 e. The Morgan fingerprint density at radius 3 is 2.75 bits per heavy atom. The molecule has 0 spiro atoms. The van der Waals surface area contributed by atoms with Gasteiger partial charge in [-0.05, 0) is 17.8 Å². The maximum absolute atomic E-state index is 11.8. The van der Waals surface area contributed by atoms with E-state index in [1.54, 1.807) is 5.82 Å². The quantitative estimate of drug-likeness (QED) is 0.743. The maximum atomic E-state index is 11.8. The van der Waals surface area contributed by atoms with Crippen molar-refractivity contribution in [3.8, 4) is 0 Å². The van der Waals surface area contributed by atoms with E-state index in [0.717, 1.165) is 6.42 Å². The summed E-state index contributed by atoms with van der Waals surface area (Å²) in [5, 5.41) is 0. The van der Waals surface area contributed by atoms with E-state index in [4.69, 9.17) is 4.52 Å². The topological polar surface area (TPSA) is 26.3 Å². The van der Waals surface area contributed by atoms with E-state index in [1.807, 2.05) is 24.3 Å². The first-order chi connectivity index (χ1) is 7.72. The van der Waals surface area contributed by atoms with E-state index < -0.39 is 7.37 Å². The molecule has 1 aliphatic rings. The summed E-state index contributed by atoms with van der Waals surface area (Å²) in [5.41, 5.74) is 1.27. The van der Waals surface area contributed by atoms with Crippen LogP contribution in [0.1, 0.15) is 5.56 Å². The van der Waals surface area contributed by atoms with Gasteiger partial charge < -0.3 is 4.52 Å². The smallest absolute Gasteiger partial charge is 0.246 e. The van der Waals surface area contributed by atoms with Gasteiger partial charge in [0.2, 0.25) is 7.37 Å². The predicted molar refractivity (Wildman–Crippen MR) is 66.5 cm³/mol. The monoisotopic (exact) mass is 234 g/mol. The summed E-state index contributed by atoms with van der Waals surface area (Å²) in [5.74, 6) is 3.38. The molecule has 1 aromatic carbocycles. The van der Waals surface area contributed by atoms with E-state index in [1.165, 1.54) is 11.4 Å². The third-order valence-electron chi connectivity index (χ3n) is 2.65. The highest BCUT2D eigenvalue weighted by Crippen LogP contribution is 2.52. The van der Waals surface area contributed by atoms with Crippen molar-refractivity contribution in [1.82, 2.24) is 0 Å². The van der Waals surface area contributed by atoms with E-state index in [-0.39, 0.29) is 0 Å². The molecule has 84 valence electrons. The Balaban J connectivity index is 2.02. The molecule has 0 unspecified atom stereocenters. The summed E-state index contributed by atoms with van der Waals surface area (Å²) in [7, 11) is -2.65. The van der Waals surface area contributed by atoms with Crippen molar-refractivity contribution in [3.63, 3.8) is 0 Å². The Bertz CT molecular complexity index is 437. The van der Waals surface area contributed by atoms with Crippen molar-refractivity contribution in [3.05, 3.63) is 60.2 Å². The summed E-state index contributed by atoms with van der Waals surface area (Å²) >= 11 is 0. The molecule has 1 heterocycles. The molecule has 2 nitrogen and oxygen atoms in total. The molecule has 0 saturated heterocycles. The summed E-state index contributed by atoms with van der Waals surface area (Å²) in [6, 6.07) is 10.2. The van der Waals surface area contributed by atoms with E-state index in [9.17, 15) is 4.57 Å². The summed E-state index contributed by atoms with van der Waals surface area (Å²) in [4.78, 5) is 0. The van der Waals surface area contributed by atoms with Gasteiger partial charge in [-0.1, -0.05) is 43.0 Å². The second kappa shape index (κ2) is 4.82. The van der Waals surface area contributed by atoms with E-state index >= 15 is 0 Å². The fraction of sp³-hybridized carbons (Fsp3) is 0.231. The van der Waals surface area contributed by atoms with Crippen LogP contribution in [0.15, 0.2) is 54.6 Å². The van der Waals surface area contributed by atoms with Crippen LogP contribution in [-0.4, -0.2) is 6.61 Å². The second-order valence-corrected chi connectivity index (χ2v) is 6.13. The SMILES string of the molecule is C=C[P@]1(=O)C=C[C@@H](Cc2ccccc2)CO1. The minimum atomic E-state index is -2.65. The molecule has 0 N–H and O–H groups in total. The van der Waals surface area contributed by atoms with Crippen LogP contribution in [0.3, 0.4) is 0 Å². The van der Waals surface area contributed by atoms with Gasteiger partial charge in [0.1, 0.15) is 0 Å². The number of hydrogen-bond acceptors (Lipinski definition) is 2. The van der Waals surface area contributed by atoms with Crippen molar-refractivity contribution in [2.24, 2.45) is 5.92 Å². The molecule has 0 bridgehead atoms. The molecule has 16 heavy (non-hydrogen) atoms. The van der Waals surface area contributed by atoms with Gasteiger partial charge in [-0.25, -0.2) is 0 Å². The van der Waals surface area contributed by atoms with Gasteiger partial charge in [-0.15, -0.1) is 0 Å². The first-order valence-corrected chi connectivity index (χ1v) is 7.09. The fourth-order valence-corrected chi connectivity index (χ4v) is 2.93. The van der Waals surface area contributed by atoms with Crippen LogP contribution in [0.5, 0.6) is 0 Å². The standard InChI is InChI=1S/C13H15O2P/c1-2-16(14)9-8-13(11-15-16)10-12-6-4-3-5-7-12/h2-9,13H,1,10-11H2/t13-,16+/m0/s1. The molecule has 3 heteroatoms. The highest BCUT2D eigenvalue weighted by Gasteiger charge is 2.22. The summed E-state index contributed by atoms with van der Waals surface area (Å²) in [6.45, 7) is 4.03. The molecule has 0 amide bonds. The van der Waals surface area contributed by atoms with Crippen LogP contribution in [-0.2, 0) is 15.5 Å². The summed E-state index contributed by atoms with van der Waals surface area (Å²) in [6.07, 6.45) is 2.91. The largest absolute Gasteiger partial charge is 0.322 e. The van der Waals surface area contributed by atoms with Crippen molar-refractivity contribution in [1.29, 1.82) is 0 Å². The molecule has 1 aliphatic heterocycles. The third-order valence-corrected chi connectivity index (χ3v) is 4.30. The highest BCUT2D eigenvalue weighted by atomic mass is 31.2. The number of hydrogen-bond donors (Lipinski definition) is 0. The number of benzene rings is 1. The van der Waals surface area contributed by atoms with Gasteiger partial charge in [-0.3, -0.25) is 4.57 Å². The van der Waals surface area contributed by atoms with Gasteiger partial charge >= 0.3 is 0 Å². The zero-order valence-electron chi connectivity index (χ0n) is 9.08. The van der Waals surface area contributed by atoms with E-state index in [0.29, 0.717) is 12.5 Å². The molecule has 2 rings (SSSR count). The Kier molecular flexibility index (Phi) is 3.42. The zero-order chi connectivity index (χ0) is 11.4. The fourth-order valence-electron chi connectivity index (χ4n) is 1.71. The molecule has 0 radical (unpaired) electrons. The normalized spacial score (nSPS) is 28.9. The first kappa shape index (κ1) is 11.4. The lowest BCUT2D eigenvalue weighted by atomic mass is 10.0. The Hall–Kier alpha value is -1.11. The van der Waals surface area contributed by atoms with Crippen LogP contribution in [0.2, 0.25) is 0 Å². The second-order valence-electron chi connectivity index (χ2n) is 3.91. The van der Waals surface area contributed by atoms with Crippen molar-refractivity contribution >= 4 is 7.37 Å². The van der Waals surface area contributed by atoms with Crippen LogP contribution in [0.25, 0.3) is 0 Å². The first-order valence-electron chi connectivity index (χ1n) is 5.33. The van der Waals surface area contributed by atoms with Gasteiger partial charge in [0.15, 0.2) is 0 Å². The van der Waals surface area contributed by atoms with Crippen LogP contribution in [0.4, 0.5) is 0 Å². The van der Waals surface area contributed by atoms with Crippen LogP contribution < -0.4 is 0 Å². The lowest BCUT2D eigenvalue weighted by molar-refractivity contribution is 0.276. The van der Waals surface area contributed by atoms with Crippen molar-refractivity contribution in [2.75, 3.05) is 6.61 Å². The Morgan fingerprint density at radius 2 is 2.19 bits per heavy atom. The lowest BCUT2D eigenvalue weighted by Gasteiger charge is -2.21. The molecule has 0 aliphatic carbocycles. The zero-order valence-corrected chi connectivity index (χ0v) is 9.98. The molecule has 0 fully saturated rings. The van der Waals surface area contributed by atoms with Crippen molar-refractivity contribution in [2.45, 2.75) is 6.42 Å². The minimum absolute atomic E-state index is 0.310. The predicted octanol–water partition coefficient (Wildman–Crippen LogP) is 3.81. The number of rotatable bonds is 3. The average molecular weight is 234 g/mol. The lowest BCUT2D eigenvalue weighted by Crippen LogP contribution is -2.12. The van der Waals surface area contributed by atoms with Gasteiger partial charge in [-0.2, -0.15) is 0 Å². The van der Waals surface area contributed by atoms with Gasteiger partial charge in [0, 0.05) is 11.7 Å². The highest BCUT2D eigenvalue weighted by molar-refractivity contribution is 7.65. The molecule has 0 saturated carbocycles. The van der Waals surface area contributed by atoms with Gasteiger partial charge in [0.25, 0.3) is 0 Å². The maximum Gasteiger partial charge on any atom is 0.246 e. The Morgan fingerprint density at radius 1 is 1.44 bits per heavy atom. The molecule has 2 atom stereocenters. The summed E-state index contributed by atoms with van der Waals surface area (Å²) < 4.78 is 17.1. The van der Waals surface area contributed by atoms with Gasteiger partial charge in [0.05, 0.1) is 6.61 Å². The van der Waals surface area contributed by atoms with E-state index in [2.05, 4.69) is 18.7 Å². The van der Waals surface area contributed by atoms with Crippen LogP contribution in [0, 0.1) is 5.92 Å². The molecular formula is C13H15O2P. The average Bonchev–Trinajstić information content (AvgIpc) is 2.34. The Labute approximate surface area is 96.1 Å². The molecule has 1 aromatic rings. The molecular weight excluding hydrogens is 219 g/mol. The van der Waals surface area contributed by atoms with Crippen molar-refractivity contribution < 1.29 is 9.09 Å². The third kappa shape index (κ3) is 2.72.